The highest BCUT2D eigenvalue weighted by atomic mass is 32.1. The van der Waals surface area contributed by atoms with Crippen LogP contribution in [0, 0.1) is 0 Å². The molecule has 1 fully saturated rings. The first kappa shape index (κ1) is 17.9. The van der Waals surface area contributed by atoms with Crippen molar-refractivity contribution < 1.29 is 9.90 Å². The SMILES string of the molecule is Nc1c(C(=O)N2CCN(CCO)CC2)sc2nc(-c3ccccc3)ccc12. The van der Waals surface area contributed by atoms with Crippen LogP contribution in [0.5, 0.6) is 0 Å². The highest BCUT2D eigenvalue weighted by Gasteiger charge is 2.26. The summed E-state index contributed by atoms with van der Waals surface area (Å²) >= 11 is 1.36. The van der Waals surface area contributed by atoms with Gasteiger partial charge in [0.25, 0.3) is 5.91 Å². The maximum Gasteiger partial charge on any atom is 0.266 e. The van der Waals surface area contributed by atoms with Gasteiger partial charge < -0.3 is 15.7 Å². The van der Waals surface area contributed by atoms with Crippen molar-refractivity contribution in [2.45, 2.75) is 0 Å². The molecule has 0 bridgehead atoms. The van der Waals surface area contributed by atoms with Crippen LogP contribution in [0.3, 0.4) is 0 Å². The molecule has 27 heavy (non-hydrogen) atoms. The predicted molar refractivity (Wildman–Crippen MR) is 109 cm³/mol. The Morgan fingerprint density at radius 1 is 1.11 bits per heavy atom. The lowest BCUT2D eigenvalue weighted by Gasteiger charge is -2.34. The molecule has 1 aliphatic rings. The number of nitrogen functional groups attached to an aromatic ring is 1. The largest absolute Gasteiger partial charge is 0.397 e. The van der Waals surface area contributed by atoms with Gasteiger partial charge in [-0.3, -0.25) is 9.69 Å². The Balaban J connectivity index is 1.59. The van der Waals surface area contributed by atoms with Crippen molar-refractivity contribution in [2.75, 3.05) is 45.1 Å². The van der Waals surface area contributed by atoms with Gasteiger partial charge in [-0.15, -0.1) is 11.3 Å². The van der Waals surface area contributed by atoms with Crippen LogP contribution in [0.25, 0.3) is 21.5 Å². The number of thiophene rings is 1. The predicted octanol–water partition coefficient (Wildman–Crippen LogP) is 2.30. The summed E-state index contributed by atoms with van der Waals surface area (Å²) in [6, 6.07) is 13.9. The standard InChI is InChI=1S/C20H22N4O2S/c21-17-15-6-7-16(14-4-2-1-3-5-14)22-19(15)27-18(17)20(26)24-10-8-23(9-11-24)12-13-25/h1-7,25H,8-13,21H2. The number of hydrogen-bond acceptors (Lipinski definition) is 6. The van der Waals surface area contributed by atoms with E-state index in [9.17, 15) is 4.79 Å². The van der Waals surface area contributed by atoms with Crippen molar-refractivity contribution in [3.63, 3.8) is 0 Å². The maximum atomic E-state index is 13.0. The first-order valence-corrected chi connectivity index (χ1v) is 9.86. The number of rotatable bonds is 4. The summed E-state index contributed by atoms with van der Waals surface area (Å²) < 4.78 is 0. The lowest BCUT2D eigenvalue weighted by atomic mass is 10.1. The van der Waals surface area contributed by atoms with Crippen molar-refractivity contribution in [3.8, 4) is 11.3 Å². The second kappa shape index (κ2) is 7.64. The van der Waals surface area contributed by atoms with Gasteiger partial charge in [0.1, 0.15) is 9.71 Å². The van der Waals surface area contributed by atoms with Crippen LogP contribution in [0.4, 0.5) is 5.69 Å². The number of aliphatic hydroxyl groups is 1. The van der Waals surface area contributed by atoms with E-state index in [1.165, 1.54) is 11.3 Å². The first-order chi connectivity index (χ1) is 13.2. The molecule has 3 N–H and O–H groups in total. The molecule has 7 heteroatoms. The average Bonchev–Trinajstić information content (AvgIpc) is 3.05. The number of anilines is 1. The molecule has 1 aliphatic heterocycles. The molecular weight excluding hydrogens is 360 g/mol. The molecule has 3 aromatic rings. The summed E-state index contributed by atoms with van der Waals surface area (Å²) in [6.45, 7) is 3.64. The molecule has 0 spiro atoms. The lowest BCUT2D eigenvalue weighted by molar-refractivity contribution is 0.0620. The van der Waals surface area contributed by atoms with E-state index >= 15 is 0 Å². The van der Waals surface area contributed by atoms with Crippen LogP contribution >= 0.6 is 11.3 Å². The van der Waals surface area contributed by atoms with Crippen molar-refractivity contribution in [3.05, 3.63) is 47.3 Å². The molecule has 0 saturated carbocycles. The maximum absolute atomic E-state index is 13.0. The van der Waals surface area contributed by atoms with Crippen molar-refractivity contribution in [1.29, 1.82) is 0 Å². The normalized spacial score (nSPS) is 15.4. The molecule has 6 nitrogen and oxygen atoms in total. The summed E-state index contributed by atoms with van der Waals surface area (Å²) in [6.07, 6.45) is 0. The molecule has 3 heterocycles. The number of carbonyl (C=O) groups is 1. The van der Waals surface area contributed by atoms with Crippen molar-refractivity contribution in [1.82, 2.24) is 14.8 Å². The Labute approximate surface area is 161 Å². The lowest BCUT2D eigenvalue weighted by Crippen LogP contribution is -2.49. The zero-order valence-corrected chi connectivity index (χ0v) is 15.8. The molecule has 0 aliphatic carbocycles. The molecule has 0 unspecified atom stereocenters. The quantitative estimate of drug-likeness (QED) is 0.723. The van der Waals surface area contributed by atoms with E-state index < -0.39 is 0 Å². The molecule has 1 saturated heterocycles. The molecule has 0 radical (unpaired) electrons. The van der Waals surface area contributed by atoms with E-state index in [-0.39, 0.29) is 12.5 Å². The van der Waals surface area contributed by atoms with Crippen LogP contribution in [0.1, 0.15) is 9.67 Å². The molecule has 1 aromatic carbocycles. The zero-order chi connectivity index (χ0) is 18.8. The molecule has 140 valence electrons. The summed E-state index contributed by atoms with van der Waals surface area (Å²) in [7, 11) is 0. The molecule has 1 amide bonds. The van der Waals surface area contributed by atoms with Crippen LogP contribution in [0.15, 0.2) is 42.5 Å². The van der Waals surface area contributed by atoms with Gasteiger partial charge in [0.2, 0.25) is 0 Å². The van der Waals surface area contributed by atoms with Gasteiger partial charge in [-0.05, 0) is 12.1 Å². The number of amides is 1. The van der Waals surface area contributed by atoms with Crippen molar-refractivity contribution in [2.24, 2.45) is 0 Å². The summed E-state index contributed by atoms with van der Waals surface area (Å²) in [4.78, 5) is 23.0. The number of piperazine rings is 1. The fourth-order valence-corrected chi connectivity index (χ4v) is 4.45. The Hall–Kier alpha value is -2.48. The monoisotopic (exact) mass is 382 g/mol. The number of carbonyl (C=O) groups excluding carboxylic acids is 1. The number of nitrogens with zero attached hydrogens (tertiary/aromatic N) is 3. The Kier molecular flexibility index (Phi) is 5.07. The first-order valence-electron chi connectivity index (χ1n) is 9.04. The number of benzene rings is 1. The third-order valence-electron chi connectivity index (χ3n) is 4.93. The second-order valence-electron chi connectivity index (χ2n) is 6.62. The third-order valence-corrected chi connectivity index (χ3v) is 6.04. The van der Waals surface area contributed by atoms with Crippen LogP contribution in [-0.2, 0) is 0 Å². The Bertz CT molecular complexity index is 949. The van der Waals surface area contributed by atoms with Crippen LogP contribution in [-0.4, -0.2) is 65.1 Å². The van der Waals surface area contributed by atoms with E-state index in [0.29, 0.717) is 30.2 Å². The highest BCUT2D eigenvalue weighted by Crippen LogP contribution is 2.35. The Morgan fingerprint density at radius 2 is 1.85 bits per heavy atom. The minimum Gasteiger partial charge on any atom is -0.397 e. The van der Waals surface area contributed by atoms with Gasteiger partial charge in [0.15, 0.2) is 0 Å². The second-order valence-corrected chi connectivity index (χ2v) is 7.62. The smallest absolute Gasteiger partial charge is 0.266 e. The van der Waals surface area contributed by atoms with E-state index in [1.807, 2.05) is 47.4 Å². The minimum atomic E-state index is -0.0274. The number of fused-ring (bicyclic) bond motifs is 1. The average molecular weight is 382 g/mol. The van der Waals surface area contributed by atoms with E-state index in [1.54, 1.807) is 0 Å². The molecule has 4 rings (SSSR count). The topological polar surface area (TPSA) is 82.7 Å². The van der Waals surface area contributed by atoms with Crippen LogP contribution in [0.2, 0.25) is 0 Å². The molecule has 2 aromatic heterocycles. The number of aromatic nitrogens is 1. The van der Waals surface area contributed by atoms with Gasteiger partial charge >= 0.3 is 0 Å². The number of β-amino-alcohol motifs (C(OH)–C–C–N with tert-alkyl or cyclic N) is 1. The highest BCUT2D eigenvalue weighted by molar-refractivity contribution is 7.21. The van der Waals surface area contributed by atoms with Gasteiger partial charge in [0.05, 0.1) is 18.0 Å². The van der Waals surface area contributed by atoms with E-state index in [4.69, 9.17) is 15.8 Å². The van der Waals surface area contributed by atoms with E-state index in [2.05, 4.69) is 4.90 Å². The van der Waals surface area contributed by atoms with Crippen molar-refractivity contribution >= 4 is 33.1 Å². The number of hydrogen-bond donors (Lipinski definition) is 2. The molecular formula is C20H22N4O2S. The van der Waals surface area contributed by atoms with E-state index in [0.717, 1.165) is 34.6 Å². The van der Waals surface area contributed by atoms with Gasteiger partial charge in [-0.25, -0.2) is 4.98 Å². The fourth-order valence-electron chi connectivity index (χ4n) is 3.39. The summed E-state index contributed by atoms with van der Waals surface area (Å²) in [5.41, 5.74) is 8.73. The minimum absolute atomic E-state index is 0.0274. The zero-order valence-electron chi connectivity index (χ0n) is 15.0. The third kappa shape index (κ3) is 3.53. The van der Waals surface area contributed by atoms with Gasteiger partial charge in [-0.1, -0.05) is 30.3 Å². The number of aliphatic hydroxyl groups excluding tert-OH is 1. The number of pyridine rings is 1. The fraction of sp³-hybridized carbons (Fsp3) is 0.300. The summed E-state index contributed by atoms with van der Waals surface area (Å²) in [5.74, 6) is -0.0274. The molecule has 0 atom stereocenters. The summed E-state index contributed by atoms with van der Waals surface area (Å²) in [5, 5.41) is 9.88. The van der Waals surface area contributed by atoms with Gasteiger partial charge in [0, 0.05) is 43.7 Å². The van der Waals surface area contributed by atoms with Crippen LogP contribution < -0.4 is 5.73 Å². The van der Waals surface area contributed by atoms with Gasteiger partial charge in [-0.2, -0.15) is 0 Å². The number of nitrogens with two attached hydrogens (primary N) is 1. The Morgan fingerprint density at radius 3 is 2.56 bits per heavy atom.